The molecular weight excluding hydrogens is 212 g/mol. The van der Waals surface area contributed by atoms with Crippen molar-refractivity contribution < 1.29 is 10.2 Å². The summed E-state index contributed by atoms with van der Waals surface area (Å²) in [5, 5.41) is 20.3. The molecule has 0 unspecified atom stereocenters. The summed E-state index contributed by atoms with van der Waals surface area (Å²) in [4.78, 5) is 0. The van der Waals surface area contributed by atoms with E-state index < -0.39 is 5.60 Å². The molecule has 5 atom stereocenters. The summed E-state index contributed by atoms with van der Waals surface area (Å²) in [5.41, 5.74) is -0.132. The van der Waals surface area contributed by atoms with Crippen molar-refractivity contribution in [2.75, 3.05) is 6.61 Å². The van der Waals surface area contributed by atoms with Crippen LogP contribution in [0.25, 0.3) is 0 Å². The van der Waals surface area contributed by atoms with E-state index in [2.05, 4.69) is 20.8 Å². The van der Waals surface area contributed by atoms with E-state index in [1.165, 1.54) is 12.8 Å². The lowest BCUT2D eigenvalue weighted by molar-refractivity contribution is -0.115. The molecule has 98 valence electrons. The van der Waals surface area contributed by atoms with Gasteiger partial charge in [0.2, 0.25) is 0 Å². The molecule has 3 aliphatic rings. The third-order valence-electron chi connectivity index (χ3n) is 6.89. The van der Waals surface area contributed by atoms with Crippen LogP contribution < -0.4 is 0 Å². The highest BCUT2D eigenvalue weighted by atomic mass is 16.3. The van der Waals surface area contributed by atoms with E-state index in [1.54, 1.807) is 0 Å². The third-order valence-corrected chi connectivity index (χ3v) is 6.89. The van der Waals surface area contributed by atoms with Gasteiger partial charge in [-0.05, 0) is 60.7 Å². The minimum atomic E-state index is -0.807. The summed E-state index contributed by atoms with van der Waals surface area (Å²) < 4.78 is 0. The second kappa shape index (κ2) is 3.27. The number of aliphatic hydroxyl groups excluding tert-OH is 1. The Balaban J connectivity index is 2.04. The zero-order valence-corrected chi connectivity index (χ0v) is 11.4. The van der Waals surface area contributed by atoms with E-state index in [4.69, 9.17) is 0 Å². The first kappa shape index (κ1) is 12.0. The van der Waals surface area contributed by atoms with Crippen LogP contribution in [0.4, 0.5) is 0 Å². The second-order valence-electron chi connectivity index (χ2n) is 7.60. The summed E-state index contributed by atoms with van der Waals surface area (Å²) >= 11 is 0. The van der Waals surface area contributed by atoms with Gasteiger partial charge in [0.1, 0.15) is 0 Å². The lowest BCUT2D eigenvalue weighted by Crippen LogP contribution is -2.49. The van der Waals surface area contributed by atoms with Crippen molar-refractivity contribution in [2.24, 2.45) is 28.6 Å². The molecule has 3 rings (SSSR count). The Morgan fingerprint density at radius 2 is 1.82 bits per heavy atom. The number of rotatable bonds is 1. The van der Waals surface area contributed by atoms with Gasteiger partial charge in [-0.25, -0.2) is 0 Å². The highest BCUT2D eigenvalue weighted by Crippen LogP contribution is 2.73. The molecule has 0 aliphatic heterocycles. The number of fused-ring (bicyclic) bond motifs is 1. The van der Waals surface area contributed by atoms with Crippen LogP contribution in [-0.2, 0) is 0 Å². The van der Waals surface area contributed by atoms with Gasteiger partial charge in [-0.3, -0.25) is 0 Å². The van der Waals surface area contributed by atoms with Crippen LogP contribution in [0.2, 0.25) is 0 Å². The molecule has 0 saturated heterocycles. The van der Waals surface area contributed by atoms with Crippen LogP contribution in [0, 0.1) is 28.6 Å². The highest BCUT2D eigenvalue weighted by Gasteiger charge is 2.68. The summed E-state index contributed by atoms with van der Waals surface area (Å²) in [6.45, 7) is 7.00. The molecule has 17 heavy (non-hydrogen) atoms. The molecule has 3 aliphatic carbocycles. The number of hydrogen-bond acceptors (Lipinski definition) is 2. The maximum Gasteiger partial charge on any atom is 0.0910 e. The summed E-state index contributed by atoms with van der Waals surface area (Å²) in [7, 11) is 0. The van der Waals surface area contributed by atoms with Crippen molar-refractivity contribution in [3.63, 3.8) is 0 Å². The van der Waals surface area contributed by atoms with E-state index in [0.29, 0.717) is 11.3 Å². The Morgan fingerprint density at radius 1 is 1.12 bits per heavy atom. The van der Waals surface area contributed by atoms with Crippen molar-refractivity contribution in [2.45, 2.75) is 58.5 Å². The molecule has 1 spiro atoms. The predicted octanol–water partition coefficient (Wildman–Crippen LogP) is 2.58. The van der Waals surface area contributed by atoms with E-state index in [1.807, 2.05) is 0 Å². The first-order valence-electron chi connectivity index (χ1n) is 7.20. The Kier molecular flexibility index (Phi) is 2.30. The minimum Gasteiger partial charge on any atom is -0.393 e. The van der Waals surface area contributed by atoms with Crippen LogP contribution >= 0.6 is 0 Å². The Bertz CT molecular complexity index is 338. The largest absolute Gasteiger partial charge is 0.393 e. The molecule has 2 bridgehead atoms. The van der Waals surface area contributed by atoms with Crippen LogP contribution in [0.5, 0.6) is 0 Å². The fourth-order valence-corrected chi connectivity index (χ4v) is 5.90. The number of aliphatic hydroxyl groups is 2. The van der Waals surface area contributed by atoms with Crippen molar-refractivity contribution in [3.8, 4) is 0 Å². The lowest BCUT2D eigenvalue weighted by atomic mass is 9.64. The molecular formula is C15H26O2. The molecule has 0 heterocycles. The van der Waals surface area contributed by atoms with Crippen molar-refractivity contribution in [1.29, 1.82) is 0 Å². The van der Waals surface area contributed by atoms with E-state index in [0.717, 1.165) is 31.1 Å². The Hall–Kier alpha value is -0.0800. The molecule has 0 amide bonds. The van der Waals surface area contributed by atoms with E-state index >= 15 is 0 Å². The molecule has 2 nitrogen and oxygen atoms in total. The van der Waals surface area contributed by atoms with Gasteiger partial charge in [0.25, 0.3) is 0 Å². The van der Waals surface area contributed by atoms with Crippen molar-refractivity contribution in [1.82, 2.24) is 0 Å². The van der Waals surface area contributed by atoms with Gasteiger partial charge in [0.05, 0.1) is 12.2 Å². The molecule has 0 aromatic heterocycles. The average Bonchev–Trinajstić information content (AvgIpc) is 2.70. The zero-order valence-electron chi connectivity index (χ0n) is 11.4. The van der Waals surface area contributed by atoms with Gasteiger partial charge >= 0.3 is 0 Å². The van der Waals surface area contributed by atoms with Gasteiger partial charge in [-0.1, -0.05) is 20.8 Å². The smallest absolute Gasteiger partial charge is 0.0910 e. The van der Waals surface area contributed by atoms with Gasteiger partial charge in [-0.15, -0.1) is 0 Å². The zero-order chi connectivity index (χ0) is 12.5. The van der Waals surface area contributed by atoms with Crippen LogP contribution in [0.3, 0.4) is 0 Å². The Morgan fingerprint density at radius 3 is 2.47 bits per heavy atom. The lowest BCUT2D eigenvalue weighted by Gasteiger charge is -2.45. The molecule has 2 N–H and O–H groups in total. The van der Waals surface area contributed by atoms with Crippen molar-refractivity contribution in [3.05, 3.63) is 0 Å². The normalized spacial score (nSPS) is 55.9. The summed E-state index contributed by atoms with van der Waals surface area (Å²) in [6.07, 6.45) is 5.75. The number of hydrogen-bond donors (Lipinski definition) is 2. The third kappa shape index (κ3) is 1.24. The fourth-order valence-electron chi connectivity index (χ4n) is 5.90. The Labute approximate surface area is 104 Å². The molecule has 0 radical (unpaired) electrons. The SMILES string of the molecule is C[C@@H]1CC[C@H]2C(C)(C)[C@H]3C[C@]12CC[C@]3(O)CO. The van der Waals surface area contributed by atoms with E-state index in [9.17, 15) is 10.2 Å². The molecule has 3 saturated carbocycles. The van der Waals surface area contributed by atoms with Gasteiger partial charge < -0.3 is 10.2 Å². The molecule has 3 fully saturated rings. The van der Waals surface area contributed by atoms with E-state index in [-0.39, 0.29) is 12.0 Å². The quantitative estimate of drug-likeness (QED) is 0.737. The summed E-state index contributed by atoms with van der Waals surface area (Å²) in [6, 6.07) is 0. The average molecular weight is 238 g/mol. The first-order valence-corrected chi connectivity index (χ1v) is 7.20. The standard InChI is InChI=1S/C15H26O2/c1-10-4-5-11-13(2,3)12-8-14(10,11)6-7-15(12,17)9-16/h10-12,16-17H,4-9H2,1-3H3/t10-,11+,12-,14-,15+/m1/s1. The molecule has 0 aromatic rings. The highest BCUT2D eigenvalue weighted by molar-refractivity contribution is 5.17. The topological polar surface area (TPSA) is 40.5 Å². The van der Waals surface area contributed by atoms with Gasteiger partial charge in [-0.2, -0.15) is 0 Å². The van der Waals surface area contributed by atoms with Gasteiger partial charge in [0.15, 0.2) is 0 Å². The van der Waals surface area contributed by atoms with Crippen LogP contribution in [0.1, 0.15) is 52.9 Å². The second-order valence-corrected chi connectivity index (χ2v) is 7.60. The maximum atomic E-state index is 10.7. The van der Waals surface area contributed by atoms with Crippen LogP contribution in [0.15, 0.2) is 0 Å². The van der Waals surface area contributed by atoms with Crippen molar-refractivity contribution >= 4 is 0 Å². The predicted molar refractivity (Wildman–Crippen MR) is 67.5 cm³/mol. The van der Waals surface area contributed by atoms with Gasteiger partial charge in [0, 0.05) is 0 Å². The maximum absolute atomic E-state index is 10.7. The molecule has 0 aromatic carbocycles. The first-order chi connectivity index (χ1) is 7.87. The summed E-state index contributed by atoms with van der Waals surface area (Å²) in [5.74, 6) is 1.86. The monoisotopic (exact) mass is 238 g/mol. The fraction of sp³-hybridized carbons (Fsp3) is 1.00. The van der Waals surface area contributed by atoms with Crippen LogP contribution in [-0.4, -0.2) is 22.4 Å². The minimum absolute atomic E-state index is 0.0573. The molecule has 2 heteroatoms.